The lowest BCUT2D eigenvalue weighted by Gasteiger charge is -2.26. The first-order valence-corrected chi connectivity index (χ1v) is 7.16. The summed E-state index contributed by atoms with van der Waals surface area (Å²) in [6.45, 7) is 4.71. The van der Waals surface area contributed by atoms with Gasteiger partial charge in [-0.1, -0.05) is 24.3 Å². The van der Waals surface area contributed by atoms with Gasteiger partial charge in [0, 0.05) is 26.0 Å². The number of carbonyl (C=O) groups is 1. The monoisotopic (exact) mass is 277 g/mol. The van der Waals surface area contributed by atoms with Gasteiger partial charge in [0.2, 0.25) is 5.91 Å². The number of hydrogen-bond donors (Lipinski definition) is 2. The highest BCUT2D eigenvalue weighted by molar-refractivity contribution is 5.76. The average Bonchev–Trinajstić information content (AvgIpc) is 2.76. The van der Waals surface area contributed by atoms with Crippen LogP contribution < -0.4 is 5.32 Å². The normalized spacial score (nSPS) is 25.6. The highest BCUT2D eigenvalue weighted by Crippen LogP contribution is 2.24. The molecule has 1 aromatic carbocycles. The topological polar surface area (TPSA) is 58.6 Å². The van der Waals surface area contributed by atoms with Crippen LogP contribution >= 0.6 is 0 Å². The zero-order valence-corrected chi connectivity index (χ0v) is 12.2. The molecule has 1 aromatic rings. The fraction of sp³-hybridized carbons (Fsp3) is 0.562. The Bertz CT molecular complexity index is 475. The zero-order chi connectivity index (χ0) is 14.6. The van der Waals surface area contributed by atoms with Gasteiger partial charge in [-0.05, 0) is 31.4 Å². The highest BCUT2D eigenvalue weighted by Gasteiger charge is 2.39. The Morgan fingerprint density at radius 1 is 1.50 bits per heavy atom. The Hall–Kier alpha value is -1.39. The summed E-state index contributed by atoms with van der Waals surface area (Å²) in [5, 5.41) is 13.1. The molecule has 2 unspecified atom stereocenters. The SMILES string of the molecule is Cc1ccccc1CCC(=O)NCC1(O)CCOC1C. The third kappa shape index (κ3) is 3.58. The van der Waals surface area contributed by atoms with E-state index in [2.05, 4.69) is 5.32 Å². The van der Waals surface area contributed by atoms with E-state index in [-0.39, 0.29) is 18.6 Å². The summed E-state index contributed by atoms with van der Waals surface area (Å²) in [6, 6.07) is 8.08. The lowest BCUT2D eigenvalue weighted by atomic mass is 9.96. The molecule has 2 N–H and O–H groups in total. The molecule has 1 aliphatic heterocycles. The molecular weight excluding hydrogens is 254 g/mol. The summed E-state index contributed by atoms with van der Waals surface area (Å²) < 4.78 is 5.34. The second kappa shape index (κ2) is 6.37. The summed E-state index contributed by atoms with van der Waals surface area (Å²) in [7, 11) is 0. The fourth-order valence-corrected chi connectivity index (χ4v) is 2.48. The first kappa shape index (κ1) is 15.0. The van der Waals surface area contributed by atoms with Crippen molar-refractivity contribution in [1.82, 2.24) is 5.32 Å². The van der Waals surface area contributed by atoms with E-state index in [1.54, 1.807) is 0 Å². The lowest BCUT2D eigenvalue weighted by molar-refractivity contribution is -0.122. The van der Waals surface area contributed by atoms with Gasteiger partial charge in [-0.2, -0.15) is 0 Å². The van der Waals surface area contributed by atoms with Crippen molar-refractivity contribution in [1.29, 1.82) is 0 Å². The van der Waals surface area contributed by atoms with Gasteiger partial charge in [0.05, 0.1) is 6.10 Å². The number of amides is 1. The molecule has 4 nitrogen and oxygen atoms in total. The third-order valence-corrected chi connectivity index (χ3v) is 4.13. The number of aliphatic hydroxyl groups is 1. The number of carbonyl (C=O) groups excluding carboxylic acids is 1. The standard InChI is InChI=1S/C16H23NO3/c1-12-5-3-4-6-14(12)7-8-15(18)17-11-16(19)9-10-20-13(16)2/h3-6,13,19H,7-11H2,1-2H3,(H,17,18). The molecule has 2 rings (SSSR count). The van der Waals surface area contributed by atoms with E-state index in [0.29, 0.717) is 19.4 Å². The van der Waals surface area contributed by atoms with Crippen molar-refractivity contribution in [2.75, 3.05) is 13.2 Å². The second-order valence-corrected chi connectivity index (χ2v) is 5.57. The Morgan fingerprint density at radius 3 is 2.90 bits per heavy atom. The van der Waals surface area contributed by atoms with E-state index < -0.39 is 5.60 Å². The van der Waals surface area contributed by atoms with Crippen LogP contribution in [0.5, 0.6) is 0 Å². The predicted octanol–water partition coefficient (Wildman–Crippen LogP) is 1.58. The van der Waals surface area contributed by atoms with Crippen LogP contribution in [0.1, 0.15) is 30.9 Å². The van der Waals surface area contributed by atoms with Gasteiger partial charge in [-0.15, -0.1) is 0 Å². The Morgan fingerprint density at radius 2 is 2.25 bits per heavy atom. The number of benzene rings is 1. The minimum Gasteiger partial charge on any atom is -0.385 e. The second-order valence-electron chi connectivity index (χ2n) is 5.57. The molecule has 20 heavy (non-hydrogen) atoms. The summed E-state index contributed by atoms with van der Waals surface area (Å²) in [5.41, 5.74) is 1.48. The number of rotatable bonds is 5. The fourth-order valence-electron chi connectivity index (χ4n) is 2.48. The van der Waals surface area contributed by atoms with E-state index >= 15 is 0 Å². The van der Waals surface area contributed by atoms with Crippen molar-refractivity contribution in [3.05, 3.63) is 35.4 Å². The highest BCUT2D eigenvalue weighted by atomic mass is 16.5. The Kier molecular flexibility index (Phi) is 4.78. The average molecular weight is 277 g/mol. The van der Waals surface area contributed by atoms with E-state index in [0.717, 1.165) is 6.42 Å². The van der Waals surface area contributed by atoms with Gasteiger partial charge in [-0.25, -0.2) is 0 Å². The lowest BCUT2D eigenvalue weighted by Crippen LogP contribution is -2.47. The molecule has 4 heteroatoms. The summed E-state index contributed by atoms with van der Waals surface area (Å²) in [5.74, 6) is -0.0271. The first-order valence-electron chi connectivity index (χ1n) is 7.16. The van der Waals surface area contributed by atoms with Crippen molar-refractivity contribution in [2.24, 2.45) is 0 Å². The van der Waals surface area contributed by atoms with E-state index in [4.69, 9.17) is 4.74 Å². The van der Waals surface area contributed by atoms with Crippen molar-refractivity contribution in [3.8, 4) is 0 Å². The molecule has 0 aromatic heterocycles. The summed E-state index contributed by atoms with van der Waals surface area (Å²) in [6.07, 6.45) is 1.52. The molecule has 1 fully saturated rings. The molecule has 1 aliphatic rings. The molecule has 0 spiro atoms. The van der Waals surface area contributed by atoms with Crippen molar-refractivity contribution in [3.63, 3.8) is 0 Å². The molecule has 2 atom stereocenters. The molecule has 0 radical (unpaired) electrons. The van der Waals surface area contributed by atoms with E-state index in [1.807, 2.05) is 38.1 Å². The van der Waals surface area contributed by atoms with Crippen LogP contribution in [0.3, 0.4) is 0 Å². The van der Waals surface area contributed by atoms with Crippen LogP contribution in [0.2, 0.25) is 0 Å². The van der Waals surface area contributed by atoms with Gasteiger partial charge >= 0.3 is 0 Å². The number of ether oxygens (including phenoxy) is 1. The Labute approximate surface area is 120 Å². The van der Waals surface area contributed by atoms with E-state index in [1.165, 1.54) is 11.1 Å². The largest absolute Gasteiger partial charge is 0.385 e. The van der Waals surface area contributed by atoms with E-state index in [9.17, 15) is 9.90 Å². The number of nitrogens with one attached hydrogen (secondary N) is 1. The molecular formula is C16H23NO3. The maximum atomic E-state index is 11.9. The van der Waals surface area contributed by atoms with Gasteiger partial charge < -0.3 is 15.2 Å². The minimum absolute atomic E-state index is 0.0271. The predicted molar refractivity (Wildman–Crippen MR) is 77.5 cm³/mol. The molecule has 1 saturated heterocycles. The van der Waals surface area contributed by atoms with Gasteiger partial charge in [0.15, 0.2) is 0 Å². The molecule has 110 valence electrons. The number of hydrogen-bond acceptors (Lipinski definition) is 3. The molecule has 1 heterocycles. The van der Waals surface area contributed by atoms with Crippen LogP contribution in [-0.2, 0) is 16.0 Å². The van der Waals surface area contributed by atoms with Crippen LogP contribution in [0.4, 0.5) is 0 Å². The molecule has 1 amide bonds. The van der Waals surface area contributed by atoms with Crippen molar-refractivity contribution in [2.45, 2.75) is 44.8 Å². The van der Waals surface area contributed by atoms with Crippen LogP contribution in [0, 0.1) is 6.92 Å². The third-order valence-electron chi connectivity index (χ3n) is 4.13. The first-order chi connectivity index (χ1) is 9.51. The van der Waals surface area contributed by atoms with Gasteiger partial charge in [-0.3, -0.25) is 4.79 Å². The minimum atomic E-state index is -0.918. The summed E-state index contributed by atoms with van der Waals surface area (Å²) in [4.78, 5) is 11.9. The van der Waals surface area contributed by atoms with Gasteiger partial charge in [0.25, 0.3) is 0 Å². The maximum absolute atomic E-state index is 11.9. The molecule has 0 saturated carbocycles. The molecule has 0 bridgehead atoms. The van der Waals surface area contributed by atoms with Crippen molar-refractivity contribution < 1.29 is 14.6 Å². The van der Waals surface area contributed by atoms with Crippen LogP contribution in [0.25, 0.3) is 0 Å². The summed E-state index contributed by atoms with van der Waals surface area (Å²) >= 11 is 0. The zero-order valence-electron chi connectivity index (χ0n) is 12.2. The Balaban J connectivity index is 1.77. The maximum Gasteiger partial charge on any atom is 0.220 e. The van der Waals surface area contributed by atoms with Crippen LogP contribution in [-0.4, -0.2) is 35.9 Å². The molecule has 0 aliphatic carbocycles. The quantitative estimate of drug-likeness (QED) is 0.859. The van der Waals surface area contributed by atoms with Crippen LogP contribution in [0.15, 0.2) is 24.3 Å². The smallest absolute Gasteiger partial charge is 0.220 e. The van der Waals surface area contributed by atoms with Gasteiger partial charge in [0.1, 0.15) is 5.60 Å². The van der Waals surface area contributed by atoms with Crippen molar-refractivity contribution >= 4 is 5.91 Å². The number of aryl methyl sites for hydroxylation is 2.